The van der Waals surface area contributed by atoms with Crippen LogP contribution in [0.5, 0.6) is 0 Å². The van der Waals surface area contributed by atoms with Crippen LogP contribution in [0.25, 0.3) is 0 Å². The van der Waals surface area contributed by atoms with Crippen molar-refractivity contribution < 1.29 is 44.1 Å². The summed E-state index contributed by atoms with van der Waals surface area (Å²) in [6, 6.07) is 0. The minimum atomic E-state index is -6.80. The van der Waals surface area contributed by atoms with Crippen molar-refractivity contribution in [3.05, 3.63) is 18.7 Å². The van der Waals surface area contributed by atoms with Gasteiger partial charge in [0, 0.05) is 6.42 Å². The second kappa shape index (κ2) is 7.45. The van der Waals surface area contributed by atoms with Gasteiger partial charge in [-0.2, -0.15) is 39.5 Å². The van der Waals surface area contributed by atoms with Gasteiger partial charge in [-0.15, -0.1) is 0 Å². The van der Waals surface area contributed by atoms with Crippen LogP contribution in [-0.2, 0) is 13.6 Å². The highest BCUT2D eigenvalue weighted by Gasteiger charge is 2.81. The van der Waals surface area contributed by atoms with Crippen LogP contribution in [0.2, 0.25) is 0 Å². The predicted molar refractivity (Wildman–Crippen MR) is 69.6 cm³/mol. The van der Waals surface area contributed by atoms with Crippen molar-refractivity contribution in [1.29, 1.82) is 0 Å². The fraction of sp³-hybridized carbons (Fsp3) is 0.786. The fourth-order valence-corrected chi connectivity index (χ4v) is 2.19. The minimum absolute atomic E-state index is 0.0106. The van der Waals surface area contributed by atoms with Gasteiger partial charge in [0.25, 0.3) is 0 Å². The molecule has 0 fully saturated rings. The van der Waals surface area contributed by atoms with Gasteiger partial charge < -0.3 is 0 Å². The van der Waals surface area contributed by atoms with Crippen LogP contribution in [0.15, 0.2) is 18.7 Å². The number of unbranched alkanes of at least 4 members (excludes halogenated alkanes) is 3. The fourth-order valence-electron chi connectivity index (χ4n) is 2.19. The number of halogens is 9. The molecule has 0 bridgehead atoms. The topological polar surface area (TPSA) is 8.81 Å². The summed E-state index contributed by atoms with van der Waals surface area (Å²) in [5.74, 6) is -18.8. The van der Waals surface area contributed by atoms with E-state index in [1.165, 1.54) is 0 Å². The van der Waals surface area contributed by atoms with E-state index < -0.39 is 36.8 Å². The molecule has 0 aromatic carbocycles. The maximum Gasteiger partial charge on any atom is 0.460 e. The van der Waals surface area contributed by atoms with Crippen molar-refractivity contribution in [3.8, 4) is 0 Å². The molecule has 0 N–H and O–H groups in total. The van der Waals surface area contributed by atoms with Crippen LogP contribution >= 0.6 is 0 Å². The van der Waals surface area contributed by atoms with Crippen LogP contribution in [-0.4, -0.2) is 28.5 Å². The number of nitrogens with zero attached hydrogens (tertiary/aromatic N) is 2. The average molecular weight is 385 g/mol. The lowest BCUT2D eigenvalue weighted by Gasteiger charge is -2.33. The Morgan fingerprint density at radius 2 is 1.36 bits per heavy atom. The lowest BCUT2D eigenvalue weighted by atomic mass is 9.98. The van der Waals surface area contributed by atoms with Crippen molar-refractivity contribution in [3.63, 3.8) is 0 Å². The Morgan fingerprint density at radius 1 is 0.800 bits per heavy atom. The molecule has 0 saturated carbocycles. The standard InChI is InChI=1S/C14H18F9N2/c1-24-8-9-25(10-24)7-5-3-2-4-6-11(15,16)12(17,18)13(19,20)14(21,22)23/h8-10H,2-7H2,1H3/q+1. The van der Waals surface area contributed by atoms with Gasteiger partial charge in [0.15, 0.2) is 0 Å². The molecule has 0 atom stereocenters. The summed E-state index contributed by atoms with van der Waals surface area (Å²) in [5, 5.41) is 0. The Morgan fingerprint density at radius 3 is 1.84 bits per heavy atom. The molecule has 1 heterocycles. The molecule has 0 unspecified atom stereocenters. The van der Waals surface area contributed by atoms with Crippen LogP contribution < -0.4 is 4.57 Å². The van der Waals surface area contributed by atoms with E-state index in [1.807, 2.05) is 0 Å². The summed E-state index contributed by atoms with van der Waals surface area (Å²) in [5.41, 5.74) is 0. The molecule has 2 nitrogen and oxygen atoms in total. The van der Waals surface area contributed by atoms with E-state index in [9.17, 15) is 39.5 Å². The normalized spacial score (nSPS) is 14.2. The maximum absolute atomic E-state index is 13.3. The molecule has 1 aromatic rings. The van der Waals surface area contributed by atoms with Crippen LogP contribution in [0.3, 0.4) is 0 Å². The molecule has 0 aliphatic carbocycles. The highest BCUT2D eigenvalue weighted by molar-refractivity contribution is 5.00. The van der Waals surface area contributed by atoms with Gasteiger partial charge in [-0.25, -0.2) is 9.13 Å². The zero-order chi connectivity index (χ0) is 19.5. The van der Waals surface area contributed by atoms with E-state index in [4.69, 9.17) is 0 Å². The van der Waals surface area contributed by atoms with E-state index in [0.29, 0.717) is 19.4 Å². The highest BCUT2D eigenvalue weighted by atomic mass is 19.4. The Bertz CT molecular complexity index is 549. The average Bonchev–Trinajstić information content (AvgIpc) is 2.86. The van der Waals surface area contributed by atoms with Gasteiger partial charge in [0.1, 0.15) is 12.4 Å². The third kappa shape index (κ3) is 4.81. The Hall–Kier alpha value is -1.42. The molecule has 0 radical (unpaired) electrons. The molecule has 0 spiro atoms. The third-order valence-corrected chi connectivity index (χ3v) is 3.69. The first-order chi connectivity index (χ1) is 11.2. The van der Waals surface area contributed by atoms with Gasteiger partial charge in [-0.3, -0.25) is 0 Å². The first-order valence-electron chi connectivity index (χ1n) is 7.43. The summed E-state index contributed by atoms with van der Waals surface area (Å²) < 4.78 is 117. The molecule has 146 valence electrons. The van der Waals surface area contributed by atoms with Crippen molar-refractivity contribution in [2.45, 2.75) is 62.6 Å². The van der Waals surface area contributed by atoms with Gasteiger partial charge in [0.05, 0.1) is 13.6 Å². The minimum Gasteiger partial charge on any atom is -0.240 e. The Balaban J connectivity index is 2.46. The molecule has 1 rings (SSSR count). The molecule has 11 heteroatoms. The number of aromatic nitrogens is 2. The smallest absolute Gasteiger partial charge is 0.240 e. The summed E-state index contributed by atoms with van der Waals surface area (Å²) in [6.07, 6.45) is -2.93. The summed E-state index contributed by atoms with van der Waals surface area (Å²) in [6.45, 7) is 0.541. The number of hydrogen-bond donors (Lipinski definition) is 0. The van der Waals surface area contributed by atoms with Crippen LogP contribution in [0.4, 0.5) is 39.5 Å². The largest absolute Gasteiger partial charge is 0.460 e. The first-order valence-corrected chi connectivity index (χ1v) is 7.43. The van der Waals surface area contributed by atoms with Crippen LogP contribution in [0.1, 0.15) is 32.1 Å². The number of rotatable bonds is 9. The first kappa shape index (κ1) is 21.6. The van der Waals surface area contributed by atoms with Crippen molar-refractivity contribution in [1.82, 2.24) is 4.57 Å². The second-order valence-electron chi connectivity index (χ2n) is 5.83. The highest BCUT2D eigenvalue weighted by Crippen LogP contribution is 2.54. The molecule has 1 aromatic heterocycles. The zero-order valence-electron chi connectivity index (χ0n) is 13.3. The maximum atomic E-state index is 13.3. The summed E-state index contributed by atoms with van der Waals surface area (Å²) >= 11 is 0. The monoisotopic (exact) mass is 385 g/mol. The predicted octanol–water partition coefficient (Wildman–Crippen LogP) is 4.73. The van der Waals surface area contributed by atoms with Crippen LogP contribution in [0, 0.1) is 0 Å². The SMILES string of the molecule is C[n+]1ccn(CCCCCCC(F)(F)C(F)(F)C(F)(F)C(F)(F)F)c1. The summed E-state index contributed by atoms with van der Waals surface area (Å²) in [4.78, 5) is 0. The zero-order valence-corrected chi connectivity index (χ0v) is 13.3. The van der Waals surface area contributed by atoms with Gasteiger partial charge in [0.2, 0.25) is 6.33 Å². The molecule has 0 amide bonds. The van der Waals surface area contributed by atoms with E-state index in [1.54, 1.807) is 34.9 Å². The number of hydrogen-bond acceptors (Lipinski definition) is 0. The van der Waals surface area contributed by atoms with E-state index >= 15 is 0 Å². The van der Waals surface area contributed by atoms with Gasteiger partial charge in [-0.05, 0) is 19.3 Å². The molecule has 0 aliphatic heterocycles. The lowest BCUT2D eigenvalue weighted by molar-refractivity contribution is -0.671. The van der Waals surface area contributed by atoms with E-state index in [2.05, 4.69) is 0 Å². The molecule has 25 heavy (non-hydrogen) atoms. The molecule has 0 aliphatic rings. The van der Waals surface area contributed by atoms with Crippen molar-refractivity contribution >= 4 is 0 Å². The number of aryl methyl sites for hydroxylation is 2. The number of imidazole rings is 1. The van der Waals surface area contributed by atoms with Gasteiger partial charge in [-0.1, -0.05) is 6.42 Å². The van der Waals surface area contributed by atoms with E-state index in [-0.39, 0.29) is 6.42 Å². The van der Waals surface area contributed by atoms with Crippen molar-refractivity contribution in [2.75, 3.05) is 0 Å². The molecule has 0 saturated heterocycles. The van der Waals surface area contributed by atoms with Gasteiger partial charge >= 0.3 is 23.9 Å². The lowest BCUT2D eigenvalue weighted by Crippen LogP contribution is -2.60. The molecular formula is C14H18F9N2+. The Kier molecular flexibility index (Phi) is 6.44. The van der Waals surface area contributed by atoms with E-state index in [0.717, 1.165) is 0 Å². The summed E-state index contributed by atoms with van der Waals surface area (Å²) in [7, 11) is 1.79. The molecular weight excluding hydrogens is 367 g/mol. The number of alkyl halides is 9. The quantitative estimate of drug-likeness (QED) is 0.330. The Labute approximate surface area is 138 Å². The van der Waals surface area contributed by atoms with Crippen molar-refractivity contribution in [2.24, 2.45) is 7.05 Å². The third-order valence-electron chi connectivity index (χ3n) is 3.69. The second-order valence-corrected chi connectivity index (χ2v) is 5.83.